The lowest BCUT2D eigenvalue weighted by Gasteiger charge is -2.33. The molecular weight excluding hydrogens is 244 g/mol. The van der Waals surface area contributed by atoms with Crippen molar-refractivity contribution in [2.75, 3.05) is 31.1 Å². The minimum absolute atomic E-state index is 0.689. The van der Waals surface area contributed by atoms with Crippen LogP contribution in [0.3, 0.4) is 0 Å². The first-order valence-corrected chi connectivity index (χ1v) is 7.67. The fourth-order valence-electron chi connectivity index (χ4n) is 3.12. The Kier molecular flexibility index (Phi) is 3.93. The number of fused-ring (bicyclic) bond motifs is 1. The van der Waals surface area contributed by atoms with Crippen LogP contribution in [0.15, 0.2) is 42.5 Å². The summed E-state index contributed by atoms with van der Waals surface area (Å²) in [4.78, 5) is 2.56. The van der Waals surface area contributed by atoms with Gasteiger partial charge in [-0.1, -0.05) is 44.2 Å². The molecule has 0 radical (unpaired) electrons. The van der Waals surface area contributed by atoms with Gasteiger partial charge in [-0.3, -0.25) is 0 Å². The fourth-order valence-corrected chi connectivity index (χ4v) is 3.12. The highest BCUT2D eigenvalue weighted by Crippen LogP contribution is 2.24. The molecule has 20 heavy (non-hydrogen) atoms. The molecule has 2 aromatic rings. The number of benzene rings is 2. The maximum Gasteiger partial charge on any atom is 0.0372 e. The molecule has 2 unspecified atom stereocenters. The monoisotopic (exact) mass is 268 g/mol. The number of nitrogens with one attached hydrogen (secondary N) is 1. The Labute approximate surface area is 121 Å². The van der Waals surface area contributed by atoms with E-state index >= 15 is 0 Å². The summed E-state index contributed by atoms with van der Waals surface area (Å²) < 4.78 is 0. The van der Waals surface area contributed by atoms with Crippen LogP contribution in [-0.4, -0.2) is 26.2 Å². The summed E-state index contributed by atoms with van der Waals surface area (Å²) in [6.07, 6.45) is 0. The average molecular weight is 268 g/mol. The smallest absolute Gasteiger partial charge is 0.0372 e. The van der Waals surface area contributed by atoms with Crippen molar-refractivity contribution in [3.05, 3.63) is 42.5 Å². The minimum Gasteiger partial charge on any atom is -0.371 e. The topological polar surface area (TPSA) is 15.3 Å². The van der Waals surface area contributed by atoms with Crippen molar-refractivity contribution < 1.29 is 0 Å². The molecule has 1 saturated heterocycles. The summed E-state index contributed by atoms with van der Waals surface area (Å²) in [6, 6.07) is 15.5. The van der Waals surface area contributed by atoms with Gasteiger partial charge < -0.3 is 10.2 Å². The third kappa shape index (κ3) is 2.96. The van der Waals surface area contributed by atoms with Crippen LogP contribution in [0.4, 0.5) is 5.69 Å². The Bertz CT molecular complexity index is 566. The second-order valence-electron chi connectivity index (χ2n) is 6.31. The van der Waals surface area contributed by atoms with Crippen molar-refractivity contribution in [3.8, 4) is 0 Å². The van der Waals surface area contributed by atoms with E-state index in [1.54, 1.807) is 0 Å². The lowest BCUT2D eigenvalue weighted by Crippen LogP contribution is -2.42. The fraction of sp³-hybridized carbons (Fsp3) is 0.444. The molecule has 1 aliphatic rings. The van der Waals surface area contributed by atoms with Gasteiger partial charge in [0, 0.05) is 18.8 Å². The molecule has 2 heteroatoms. The van der Waals surface area contributed by atoms with Crippen LogP contribution in [0.5, 0.6) is 0 Å². The molecule has 1 heterocycles. The highest BCUT2D eigenvalue weighted by molar-refractivity contribution is 5.85. The molecule has 3 rings (SSSR count). The van der Waals surface area contributed by atoms with Gasteiger partial charge in [0.05, 0.1) is 0 Å². The summed E-state index contributed by atoms with van der Waals surface area (Å²) in [5.41, 5.74) is 1.37. The van der Waals surface area contributed by atoms with Crippen LogP contribution in [0.25, 0.3) is 10.8 Å². The van der Waals surface area contributed by atoms with Crippen LogP contribution in [0.1, 0.15) is 13.8 Å². The number of hydrogen-bond acceptors (Lipinski definition) is 2. The van der Waals surface area contributed by atoms with Crippen LogP contribution in [0.2, 0.25) is 0 Å². The Hall–Kier alpha value is -1.54. The molecule has 1 aliphatic heterocycles. The molecule has 0 aromatic heterocycles. The van der Waals surface area contributed by atoms with Crippen molar-refractivity contribution in [2.24, 2.45) is 11.8 Å². The van der Waals surface area contributed by atoms with Gasteiger partial charge in [-0.2, -0.15) is 0 Å². The Morgan fingerprint density at radius 2 is 1.55 bits per heavy atom. The van der Waals surface area contributed by atoms with E-state index in [0.29, 0.717) is 11.8 Å². The predicted octanol–water partition coefficient (Wildman–Crippen LogP) is 3.52. The summed E-state index contributed by atoms with van der Waals surface area (Å²) in [6.45, 7) is 9.17. The second-order valence-corrected chi connectivity index (χ2v) is 6.31. The molecule has 0 amide bonds. The Morgan fingerprint density at radius 3 is 2.25 bits per heavy atom. The molecule has 0 saturated carbocycles. The first-order valence-electron chi connectivity index (χ1n) is 7.67. The van der Waals surface area contributed by atoms with E-state index < -0.39 is 0 Å². The van der Waals surface area contributed by atoms with Gasteiger partial charge in [0.15, 0.2) is 0 Å². The van der Waals surface area contributed by atoms with Gasteiger partial charge in [0.1, 0.15) is 0 Å². The quantitative estimate of drug-likeness (QED) is 0.851. The lowest BCUT2D eigenvalue weighted by atomic mass is 10.0. The van der Waals surface area contributed by atoms with Crippen molar-refractivity contribution in [3.63, 3.8) is 0 Å². The molecule has 2 nitrogen and oxygen atoms in total. The standard InChI is InChI=1S/C18H24N2/c1-14-10-19-11-15(2)13-20(12-14)18-8-7-16-5-3-4-6-17(16)9-18/h3-9,14-15,19H,10-13H2,1-2H3. The van der Waals surface area contributed by atoms with Crippen LogP contribution < -0.4 is 10.2 Å². The second kappa shape index (κ2) is 5.84. The summed E-state index contributed by atoms with van der Waals surface area (Å²) in [5, 5.41) is 6.23. The summed E-state index contributed by atoms with van der Waals surface area (Å²) in [5.74, 6) is 1.38. The third-order valence-electron chi connectivity index (χ3n) is 4.15. The molecule has 1 N–H and O–H groups in total. The van der Waals surface area contributed by atoms with Gasteiger partial charge in [-0.25, -0.2) is 0 Å². The number of nitrogens with zero attached hydrogens (tertiary/aromatic N) is 1. The Balaban J connectivity index is 1.90. The lowest BCUT2D eigenvalue weighted by molar-refractivity contribution is 0.410. The zero-order chi connectivity index (χ0) is 13.9. The predicted molar refractivity (Wildman–Crippen MR) is 87.4 cm³/mol. The van der Waals surface area contributed by atoms with E-state index in [2.05, 4.69) is 66.5 Å². The number of anilines is 1. The van der Waals surface area contributed by atoms with Gasteiger partial charge in [-0.05, 0) is 47.8 Å². The molecule has 0 spiro atoms. The van der Waals surface area contributed by atoms with E-state index in [9.17, 15) is 0 Å². The minimum atomic E-state index is 0.689. The van der Waals surface area contributed by atoms with Crippen molar-refractivity contribution >= 4 is 16.5 Å². The molecule has 2 atom stereocenters. The first kappa shape index (κ1) is 13.4. The van der Waals surface area contributed by atoms with Gasteiger partial charge in [-0.15, -0.1) is 0 Å². The molecular formula is C18H24N2. The van der Waals surface area contributed by atoms with Gasteiger partial charge in [0.25, 0.3) is 0 Å². The third-order valence-corrected chi connectivity index (χ3v) is 4.15. The van der Waals surface area contributed by atoms with Crippen molar-refractivity contribution in [1.82, 2.24) is 5.32 Å². The molecule has 0 aliphatic carbocycles. The van der Waals surface area contributed by atoms with Crippen LogP contribution >= 0.6 is 0 Å². The average Bonchev–Trinajstić information content (AvgIpc) is 2.44. The van der Waals surface area contributed by atoms with Crippen LogP contribution in [0, 0.1) is 11.8 Å². The van der Waals surface area contributed by atoms with Crippen molar-refractivity contribution in [2.45, 2.75) is 13.8 Å². The largest absolute Gasteiger partial charge is 0.371 e. The van der Waals surface area contributed by atoms with E-state index in [-0.39, 0.29) is 0 Å². The van der Waals surface area contributed by atoms with Gasteiger partial charge in [0.2, 0.25) is 0 Å². The summed E-state index contributed by atoms with van der Waals surface area (Å²) in [7, 11) is 0. The van der Waals surface area contributed by atoms with Gasteiger partial charge >= 0.3 is 0 Å². The maximum atomic E-state index is 3.56. The Morgan fingerprint density at radius 1 is 0.900 bits per heavy atom. The normalized spacial score (nSPS) is 24.4. The zero-order valence-electron chi connectivity index (χ0n) is 12.5. The van der Waals surface area contributed by atoms with E-state index in [0.717, 1.165) is 26.2 Å². The van der Waals surface area contributed by atoms with E-state index in [4.69, 9.17) is 0 Å². The molecule has 106 valence electrons. The first-order chi connectivity index (χ1) is 9.72. The van der Waals surface area contributed by atoms with Crippen molar-refractivity contribution in [1.29, 1.82) is 0 Å². The molecule has 0 bridgehead atoms. The van der Waals surface area contributed by atoms with E-state index in [1.807, 2.05) is 0 Å². The number of rotatable bonds is 1. The van der Waals surface area contributed by atoms with E-state index in [1.165, 1.54) is 16.5 Å². The molecule has 2 aromatic carbocycles. The maximum absolute atomic E-state index is 3.56. The summed E-state index contributed by atoms with van der Waals surface area (Å²) >= 11 is 0. The highest BCUT2D eigenvalue weighted by atomic mass is 15.1. The molecule has 1 fully saturated rings. The van der Waals surface area contributed by atoms with Crippen LogP contribution in [-0.2, 0) is 0 Å². The highest BCUT2D eigenvalue weighted by Gasteiger charge is 2.17. The zero-order valence-corrected chi connectivity index (χ0v) is 12.5. The SMILES string of the molecule is CC1CNCC(C)CN(c2ccc3ccccc3c2)C1. The number of hydrogen-bond donors (Lipinski definition) is 1.